The Morgan fingerprint density at radius 3 is 2.59 bits per heavy atom. The number of hydrogen-bond acceptors (Lipinski definition) is 7. The summed E-state index contributed by atoms with van der Waals surface area (Å²) in [5.74, 6) is -0.601. The molecule has 0 bridgehead atoms. The summed E-state index contributed by atoms with van der Waals surface area (Å²) in [7, 11) is 1.53. The van der Waals surface area contributed by atoms with Crippen LogP contribution in [0.1, 0.15) is 30.0 Å². The molecular weight excluding hydrogens is 515 g/mol. The van der Waals surface area contributed by atoms with Gasteiger partial charge in [0, 0.05) is 28.1 Å². The summed E-state index contributed by atoms with van der Waals surface area (Å²) in [4.78, 5) is 21.4. The summed E-state index contributed by atoms with van der Waals surface area (Å²) in [6, 6.07) is 7.05. The van der Waals surface area contributed by atoms with Gasteiger partial charge in [0.15, 0.2) is 5.69 Å². The number of aryl methyl sites for hydroxylation is 1. The summed E-state index contributed by atoms with van der Waals surface area (Å²) >= 11 is 15.4. The molecule has 0 atom stereocenters. The van der Waals surface area contributed by atoms with Crippen LogP contribution in [0.15, 0.2) is 40.9 Å². The lowest BCUT2D eigenvalue weighted by Gasteiger charge is -2.05. The first-order valence-corrected chi connectivity index (χ1v) is 12.6. The first-order chi connectivity index (χ1) is 16.2. The van der Waals surface area contributed by atoms with E-state index in [1.54, 1.807) is 49.3 Å². The second kappa shape index (κ2) is 9.95. The molecule has 4 aromatic rings. The summed E-state index contributed by atoms with van der Waals surface area (Å²) in [5.41, 5.74) is 3.09. The van der Waals surface area contributed by atoms with E-state index >= 15 is 0 Å². The Morgan fingerprint density at radius 2 is 1.94 bits per heavy atom. The monoisotopic (exact) mass is 534 g/mol. The van der Waals surface area contributed by atoms with Gasteiger partial charge in [-0.05, 0) is 25.1 Å². The van der Waals surface area contributed by atoms with Gasteiger partial charge in [0.05, 0.1) is 38.9 Å². The number of ether oxygens (including phenoxy) is 1. The molecule has 0 saturated heterocycles. The van der Waals surface area contributed by atoms with Crippen molar-refractivity contribution in [3.8, 4) is 33.3 Å². The lowest BCUT2D eigenvalue weighted by atomic mass is 10.1. The van der Waals surface area contributed by atoms with E-state index < -0.39 is 5.97 Å². The Hall–Kier alpha value is -2.59. The van der Waals surface area contributed by atoms with Crippen molar-refractivity contribution in [2.45, 2.75) is 30.2 Å². The van der Waals surface area contributed by atoms with Gasteiger partial charge in [0.1, 0.15) is 5.75 Å². The van der Waals surface area contributed by atoms with Gasteiger partial charge in [-0.15, -0.1) is 11.8 Å². The molecule has 3 aromatic heterocycles. The quantitative estimate of drug-likeness (QED) is 0.258. The van der Waals surface area contributed by atoms with Crippen LogP contribution in [-0.2, 0) is 0 Å². The number of halogens is 2. The Kier molecular flexibility index (Phi) is 7.18. The predicted octanol–water partition coefficient (Wildman–Crippen LogP) is 6.88. The minimum atomic E-state index is -1.12. The van der Waals surface area contributed by atoms with Gasteiger partial charge in [-0.2, -0.15) is 9.78 Å². The maximum Gasteiger partial charge on any atom is 0.355 e. The van der Waals surface area contributed by atoms with Crippen molar-refractivity contribution in [2.75, 3.05) is 7.11 Å². The second-order valence-corrected chi connectivity index (χ2v) is 11.2. The van der Waals surface area contributed by atoms with E-state index in [4.69, 9.17) is 32.9 Å². The number of carboxylic acid groups (broad SMARTS) is 1. The minimum Gasteiger partial charge on any atom is -0.495 e. The van der Waals surface area contributed by atoms with E-state index in [2.05, 4.69) is 23.9 Å². The molecule has 0 saturated carbocycles. The molecule has 34 heavy (non-hydrogen) atoms. The van der Waals surface area contributed by atoms with Gasteiger partial charge in [0.25, 0.3) is 0 Å². The number of nitrogens with zero attached hydrogens (tertiary/aromatic N) is 4. The van der Waals surface area contributed by atoms with Crippen LogP contribution in [0, 0.1) is 6.92 Å². The van der Waals surface area contributed by atoms with Crippen LogP contribution >= 0.6 is 46.3 Å². The number of thiazole rings is 1. The average Bonchev–Trinajstić information content (AvgIpc) is 3.36. The zero-order valence-corrected chi connectivity index (χ0v) is 21.8. The van der Waals surface area contributed by atoms with Gasteiger partial charge >= 0.3 is 5.97 Å². The fraction of sp³-hybridized carbons (Fsp3) is 0.217. The van der Waals surface area contributed by atoms with E-state index in [0.717, 1.165) is 9.77 Å². The van der Waals surface area contributed by atoms with E-state index in [1.165, 1.54) is 23.1 Å². The molecule has 1 aromatic carbocycles. The molecule has 7 nitrogen and oxygen atoms in total. The third-order valence-corrected chi connectivity index (χ3v) is 7.78. The van der Waals surface area contributed by atoms with Crippen LogP contribution in [0.3, 0.4) is 0 Å². The molecule has 3 heterocycles. The molecule has 0 spiro atoms. The molecule has 1 N–H and O–H groups in total. The molecule has 4 rings (SSSR count). The van der Waals surface area contributed by atoms with E-state index in [-0.39, 0.29) is 10.9 Å². The zero-order chi connectivity index (χ0) is 24.6. The Morgan fingerprint density at radius 1 is 1.18 bits per heavy atom. The van der Waals surface area contributed by atoms with Gasteiger partial charge in [0.2, 0.25) is 5.13 Å². The van der Waals surface area contributed by atoms with Crippen molar-refractivity contribution in [3.63, 3.8) is 0 Å². The Balaban J connectivity index is 1.91. The van der Waals surface area contributed by atoms with Crippen molar-refractivity contribution in [3.05, 3.63) is 58.1 Å². The van der Waals surface area contributed by atoms with Gasteiger partial charge in [-0.1, -0.05) is 54.5 Å². The predicted molar refractivity (Wildman–Crippen MR) is 137 cm³/mol. The smallest absolute Gasteiger partial charge is 0.355 e. The van der Waals surface area contributed by atoms with Crippen molar-refractivity contribution in [2.24, 2.45) is 0 Å². The maximum absolute atomic E-state index is 12.4. The fourth-order valence-corrected chi connectivity index (χ4v) is 6.16. The highest BCUT2D eigenvalue weighted by Crippen LogP contribution is 2.42. The van der Waals surface area contributed by atoms with Crippen molar-refractivity contribution >= 4 is 52.3 Å². The number of aromatic carboxylic acids is 1. The number of aromatic nitrogens is 4. The molecule has 11 heteroatoms. The number of carbonyl (C=O) groups is 1. The number of methoxy groups -OCH3 is 1. The van der Waals surface area contributed by atoms with Gasteiger partial charge in [-0.3, -0.25) is 4.98 Å². The lowest BCUT2D eigenvalue weighted by molar-refractivity contribution is 0.0688. The van der Waals surface area contributed by atoms with Crippen LogP contribution in [-0.4, -0.2) is 43.2 Å². The third kappa shape index (κ3) is 4.79. The van der Waals surface area contributed by atoms with Gasteiger partial charge in [-0.25, -0.2) is 9.78 Å². The highest BCUT2D eigenvalue weighted by molar-refractivity contribution is 8.01. The van der Waals surface area contributed by atoms with Crippen LogP contribution < -0.4 is 4.74 Å². The molecule has 0 aliphatic rings. The van der Waals surface area contributed by atoms with Crippen molar-refractivity contribution in [1.82, 2.24) is 19.7 Å². The number of thioether (sulfide) groups is 1. The van der Waals surface area contributed by atoms with Crippen LogP contribution in [0.5, 0.6) is 5.75 Å². The number of pyridine rings is 1. The minimum absolute atomic E-state index is 0.00286. The standard InChI is InChI=1S/C23H20Cl2N4O3S2/c1-11(2)33-22-19(13-5-6-16(24)17(25)8-13)27-23(34-22)29-20(21(30)31)18(12(3)28-29)14-7-15(32-4)10-26-9-14/h5-11H,1-4H3,(H,30,31). The second-order valence-electron chi connectivity index (χ2n) is 7.57. The SMILES string of the molecule is COc1cncc(-c2c(C)nn(-c3nc(-c4ccc(Cl)c(Cl)c4)c(SC(C)C)s3)c2C(=O)O)c1. The molecule has 0 aliphatic carbocycles. The normalized spacial score (nSPS) is 11.3. The Labute approximate surface area is 214 Å². The number of carboxylic acids is 1. The third-order valence-electron chi connectivity index (χ3n) is 4.80. The topological polar surface area (TPSA) is 90.1 Å². The largest absolute Gasteiger partial charge is 0.495 e. The van der Waals surface area contributed by atoms with Crippen LogP contribution in [0.2, 0.25) is 10.0 Å². The summed E-state index contributed by atoms with van der Waals surface area (Å²) in [5, 5.41) is 16.3. The summed E-state index contributed by atoms with van der Waals surface area (Å²) in [6.07, 6.45) is 3.15. The van der Waals surface area contributed by atoms with E-state index in [1.807, 2.05) is 6.07 Å². The van der Waals surface area contributed by atoms with E-state index in [0.29, 0.717) is 43.4 Å². The molecule has 0 unspecified atom stereocenters. The first-order valence-electron chi connectivity index (χ1n) is 10.1. The van der Waals surface area contributed by atoms with Gasteiger partial charge < -0.3 is 9.84 Å². The van der Waals surface area contributed by atoms with Crippen molar-refractivity contribution < 1.29 is 14.6 Å². The summed E-state index contributed by atoms with van der Waals surface area (Å²) < 4.78 is 7.57. The number of rotatable bonds is 7. The molecule has 0 amide bonds. The number of benzene rings is 1. The lowest BCUT2D eigenvalue weighted by Crippen LogP contribution is -2.09. The molecule has 0 aliphatic heterocycles. The van der Waals surface area contributed by atoms with Crippen LogP contribution in [0.4, 0.5) is 0 Å². The molecule has 176 valence electrons. The van der Waals surface area contributed by atoms with Crippen molar-refractivity contribution in [1.29, 1.82) is 0 Å². The summed E-state index contributed by atoms with van der Waals surface area (Å²) in [6.45, 7) is 5.92. The van der Waals surface area contributed by atoms with Crippen LogP contribution in [0.25, 0.3) is 27.5 Å². The fourth-order valence-electron chi connectivity index (χ4n) is 3.38. The molecule has 0 fully saturated rings. The van der Waals surface area contributed by atoms with E-state index in [9.17, 15) is 9.90 Å². The molecule has 0 radical (unpaired) electrons. The highest BCUT2D eigenvalue weighted by atomic mass is 35.5. The Bertz CT molecular complexity index is 1380. The molecular formula is C23H20Cl2N4O3S2. The highest BCUT2D eigenvalue weighted by Gasteiger charge is 2.27. The maximum atomic E-state index is 12.4. The first kappa shape index (κ1) is 24.5. The average molecular weight is 535 g/mol. The zero-order valence-electron chi connectivity index (χ0n) is 18.7. The number of hydrogen-bond donors (Lipinski definition) is 1.